The average Bonchev–Trinajstić information content (AvgIpc) is 2.47. The number of thioether (sulfide) groups is 1. The second kappa shape index (κ2) is 4.05. The first-order valence-corrected chi connectivity index (χ1v) is 6.53. The van der Waals surface area contributed by atoms with E-state index in [4.69, 9.17) is 0 Å². The van der Waals surface area contributed by atoms with Crippen molar-refractivity contribution in [3.05, 3.63) is 12.2 Å². The van der Waals surface area contributed by atoms with Crippen LogP contribution in [0.4, 0.5) is 0 Å². The second-order valence-corrected chi connectivity index (χ2v) is 5.57. The summed E-state index contributed by atoms with van der Waals surface area (Å²) in [5.74, 6) is 1.86. The highest BCUT2D eigenvalue weighted by Gasteiger charge is 2.40. The van der Waals surface area contributed by atoms with Crippen molar-refractivity contribution in [1.82, 2.24) is 5.32 Å². The Hall–Kier alpha value is 0.0500. The molecule has 13 heavy (non-hydrogen) atoms. The molecule has 1 N–H and O–H groups in total. The Morgan fingerprint density at radius 1 is 1.62 bits per heavy atom. The molecule has 0 aromatic rings. The van der Waals surface area contributed by atoms with Gasteiger partial charge in [0.15, 0.2) is 0 Å². The number of fused-ring (bicyclic) bond motifs is 1. The summed E-state index contributed by atoms with van der Waals surface area (Å²) < 4.78 is 0. The van der Waals surface area contributed by atoms with Crippen LogP contribution in [0, 0.1) is 11.8 Å². The third kappa shape index (κ3) is 1.94. The van der Waals surface area contributed by atoms with Crippen molar-refractivity contribution in [2.45, 2.75) is 31.1 Å². The molecule has 0 heterocycles. The van der Waals surface area contributed by atoms with Crippen LogP contribution in [0.5, 0.6) is 0 Å². The fourth-order valence-electron chi connectivity index (χ4n) is 2.35. The quantitative estimate of drug-likeness (QED) is 0.694. The van der Waals surface area contributed by atoms with Gasteiger partial charge in [-0.1, -0.05) is 19.1 Å². The molecule has 0 bridgehead atoms. The third-order valence-corrected chi connectivity index (χ3v) is 4.40. The number of rotatable bonds is 4. The van der Waals surface area contributed by atoms with E-state index < -0.39 is 0 Å². The van der Waals surface area contributed by atoms with E-state index in [9.17, 15) is 0 Å². The standard InChI is InChI=1S/C11H19NS/c1-8(13-2)7-12-11-6-9-4-3-5-10(9)11/h3,5,8-12H,4,6-7H2,1-2H3. The van der Waals surface area contributed by atoms with Crippen LogP contribution in [0.25, 0.3) is 0 Å². The van der Waals surface area contributed by atoms with E-state index in [1.54, 1.807) is 0 Å². The van der Waals surface area contributed by atoms with Crippen LogP contribution in [0.3, 0.4) is 0 Å². The molecule has 1 fully saturated rings. The van der Waals surface area contributed by atoms with E-state index >= 15 is 0 Å². The Balaban J connectivity index is 1.69. The van der Waals surface area contributed by atoms with Crippen molar-refractivity contribution < 1.29 is 0 Å². The molecule has 0 amide bonds. The molecule has 4 unspecified atom stereocenters. The van der Waals surface area contributed by atoms with Crippen molar-refractivity contribution in [3.8, 4) is 0 Å². The molecule has 0 radical (unpaired) electrons. The molecule has 0 saturated heterocycles. The highest BCUT2D eigenvalue weighted by atomic mass is 32.2. The summed E-state index contributed by atoms with van der Waals surface area (Å²) in [6, 6.07) is 0.790. The summed E-state index contributed by atoms with van der Waals surface area (Å²) in [7, 11) is 0. The Morgan fingerprint density at radius 3 is 3.15 bits per heavy atom. The molecule has 2 aliphatic carbocycles. The van der Waals surface area contributed by atoms with Gasteiger partial charge in [-0.25, -0.2) is 0 Å². The van der Waals surface area contributed by atoms with Gasteiger partial charge in [0.05, 0.1) is 0 Å². The summed E-state index contributed by atoms with van der Waals surface area (Å²) in [5, 5.41) is 4.42. The molecular weight excluding hydrogens is 178 g/mol. The Labute approximate surface area is 85.4 Å². The molecule has 2 aliphatic rings. The maximum absolute atomic E-state index is 3.67. The monoisotopic (exact) mass is 197 g/mol. The van der Waals surface area contributed by atoms with E-state index in [2.05, 4.69) is 30.6 Å². The van der Waals surface area contributed by atoms with Crippen molar-refractivity contribution in [1.29, 1.82) is 0 Å². The molecule has 1 nitrogen and oxygen atoms in total. The SMILES string of the molecule is CSC(C)CNC1CC2CC=CC21. The van der Waals surface area contributed by atoms with Crippen LogP contribution in [-0.2, 0) is 0 Å². The van der Waals surface area contributed by atoms with E-state index in [1.165, 1.54) is 19.4 Å². The highest BCUT2D eigenvalue weighted by molar-refractivity contribution is 7.99. The second-order valence-electron chi connectivity index (χ2n) is 4.30. The Bertz CT molecular complexity index is 202. The highest BCUT2D eigenvalue weighted by Crippen LogP contribution is 2.42. The van der Waals surface area contributed by atoms with Gasteiger partial charge in [-0.3, -0.25) is 0 Å². The van der Waals surface area contributed by atoms with Gasteiger partial charge in [-0.2, -0.15) is 11.8 Å². The largest absolute Gasteiger partial charge is 0.312 e. The predicted molar refractivity (Wildman–Crippen MR) is 60.1 cm³/mol. The smallest absolute Gasteiger partial charge is 0.0141 e. The molecule has 0 aliphatic heterocycles. The van der Waals surface area contributed by atoms with Crippen molar-refractivity contribution in [2.24, 2.45) is 11.8 Å². The summed E-state index contributed by atoms with van der Waals surface area (Å²) >= 11 is 1.95. The first kappa shape index (κ1) is 9.60. The zero-order valence-corrected chi connectivity index (χ0v) is 9.31. The van der Waals surface area contributed by atoms with Crippen LogP contribution in [0.2, 0.25) is 0 Å². The zero-order chi connectivity index (χ0) is 9.26. The summed E-state index contributed by atoms with van der Waals surface area (Å²) in [6.07, 6.45) is 9.69. The van der Waals surface area contributed by atoms with Crippen molar-refractivity contribution >= 4 is 11.8 Å². The van der Waals surface area contributed by atoms with Gasteiger partial charge in [-0.15, -0.1) is 0 Å². The third-order valence-electron chi connectivity index (χ3n) is 3.43. The normalized spacial score (nSPS) is 38.5. The number of nitrogens with one attached hydrogen (secondary N) is 1. The van der Waals surface area contributed by atoms with Gasteiger partial charge in [0, 0.05) is 17.8 Å². The zero-order valence-electron chi connectivity index (χ0n) is 8.49. The molecule has 1 saturated carbocycles. The van der Waals surface area contributed by atoms with Crippen molar-refractivity contribution in [2.75, 3.05) is 12.8 Å². The van der Waals surface area contributed by atoms with E-state index in [1.807, 2.05) is 11.8 Å². The Kier molecular flexibility index (Phi) is 2.99. The maximum atomic E-state index is 3.67. The van der Waals surface area contributed by atoms with Gasteiger partial charge in [0.25, 0.3) is 0 Å². The van der Waals surface area contributed by atoms with Gasteiger partial charge < -0.3 is 5.32 Å². The fourth-order valence-corrected chi connectivity index (χ4v) is 2.61. The van der Waals surface area contributed by atoms with Crippen LogP contribution >= 0.6 is 11.8 Å². The van der Waals surface area contributed by atoms with Gasteiger partial charge in [0.2, 0.25) is 0 Å². The lowest BCUT2D eigenvalue weighted by molar-refractivity contribution is 0.164. The van der Waals surface area contributed by atoms with Crippen LogP contribution < -0.4 is 5.32 Å². The molecule has 0 spiro atoms. The summed E-state index contributed by atoms with van der Waals surface area (Å²) in [5.41, 5.74) is 0. The average molecular weight is 197 g/mol. The number of hydrogen-bond acceptors (Lipinski definition) is 2. The molecule has 0 aromatic carbocycles. The first-order valence-electron chi connectivity index (χ1n) is 5.24. The molecule has 2 rings (SSSR count). The lowest BCUT2D eigenvalue weighted by Crippen LogP contribution is -2.49. The first-order chi connectivity index (χ1) is 6.31. The van der Waals surface area contributed by atoms with Crippen molar-refractivity contribution in [3.63, 3.8) is 0 Å². The van der Waals surface area contributed by atoms with Gasteiger partial charge in [0.1, 0.15) is 0 Å². The maximum Gasteiger partial charge on any atom is 0.0141 e. The topological polar surface area (TPSA) is 12.0 Å². The summed E-state index contributed by atoms with van der Waals surface area (Å²) in [4.78, 5) is 0. The minimum absolute atomic E-state index is 0.754. The lowest BCUT2D eigenvalue weighted by atomic mass is 9.71. The minimum atomic E-state index is 0.754. The van der Waals surface area contributed by atoms with E-state index in [0.717, 1.165) is 23.1 Å². The summed E-state index contributed by atoms with van der Waals surface area (Å²) in [6.45, 7) is 3.46. The number of allylic oxidation sites excluding steroid dienone is 1. The minimum Gasteiger partial charge on any atom is -0.312 e. The molecule has 4 atom stereocenters. The lowest BCUT2D eigenvalue weighted by Gasteiger charge is -2.41. The predicted octanol–water partition coefficient (Wildman–Crippen LogP) is 2.29. The van der Waals surface area contributed by atoms with E-state index in [-0.39, 0.29) is 0 Å². The fraction of sp³-hybridized carbons (Fsp3) is 0.818. The van der Waals surface area contributed by atoms with Gasteiger partial charge in [-0.05, 0) is 30.9 Å². The van der Waals surface area contributed by atoms with E-state index in [0.29, 0.717) is 0 Å². The molecular formula is C11H19NS. The number of hydrogen-bond donors (Lipinski definition) is 1. The molecule has 74 valence electrons. The Morgan fingerprint density at radius 2 is 2.46 bits per heavy atom. The molecule has 2 heteroatoms. The van der Waals surface area contributed by atoms with Crippen LogP contribution in [-0.4, -0.2) is 24.1 Å². The van der Waals surface area contributed by atoms with Crippen LogP contribution in [0.1, 0.15) is 19.8 Å². The van der Waals surface area contributed by atoms with Crippen LogP contribution in [0.15, 0.2) is 12.2 Å². The van der Waals surface area contributed by atoms with Gasteiger partial charge >= 0.3 is 0 Å². The molecule has 0 aromatic heterocycles.